The molecule has 18 heavy (non-hydrogen) atoms. The Morgan fingerprint density at radius 3 is 2.72 bits per heavy atom. The van der Waals surface area contributed by atoms with Crippen LogP contribution in [0.4, 0.5) is 4.39 Å². The first-order valence-electron chi connectivity index (χ1n) is 5.47. The summed E-state index contributed by atoms with van der Waals surface area (Å²) in [4.78, 5) is 10.6. The van der Waals surface area contributed by atoms with Crippen LogP contribution in [0.1, 0.15) is 25.0 Å². The number of benzene rings is 1. The molecule has 2 atom stereocenters. The highest BCUT2D eigenvalue weighted by atomic mass is 79.9. The van der Waals surface area contributed by atoms with E-state index >= 15 is 0 Å². The van der Waals surface area contributed by atoms with Crippen molar-refractivity contribution in [3.63, 3.8) is 0 Å². The number of hydrogen-bond acceptors (Lipinski definition) is 3. The summed E-state index contributed by atoms with van der Waals surface area (Å²) in [6.07, 6.45) is -1.92. The first-order chi connectivity index (χ1) is 8.41. The number of amides is 1. The summed E-state index contributed by atoms with van der Waals surface area (Å²) < 4.78 is 13.2. The molecule has 0 aliphatic rings. The number of carbonyl (C=O) groups is 1. The van der Waals surface area contributed by atoms with Crippen LogP contribution in [0.5, 0.6) is 0 Å². The van der Waals surface area contributed by atoms with E-state index in [1.54, 1.807) is 0 Å². The van der Waals surface area contributed by atoms with Crippen molar-refractivity contribution in [3.05, 3.63) is 34.1 Å². The molecule has 1 amide bonds. The minimum absolute atomic E-state index is 0.193. The predicted molar refractivity (Wildman–Crippen MR) is 68.4 cm³/mol. The minimum atomic E-state index is -1.12. The van der Waals surface area contributed by atoms with Gasteiger partial charge in [0.2, 0.25) is 5.91 Å². The summed E-state index contributed by atoms with van der Waals surface area (Å²) in [5, 5.41) is 22.1. The van der Waals surface area contributed by atoms with E-state index in [4.69, 9.17) is 0 Å². The van der Waals surface area contributed by atoms with Crippen LogP contribution in [0, 0.1) is 5.82 Å². The van der Waals surface area contributed by atoms with Gasteiger partial charge in [0.25, 0.3) is 0 Å². The highest BCUT2D eigenvalue weighted by Crippen LogP contribution is 2.24. The first-order valence-corrected chi connectivity index (χ1v) is 6.26. The van der Waals surface area contributed by atoms with Crippen LogP contribution in [-0.2, 0) is 4.79 Å². The van der Waals surface area contributed by atoms with E-state index in [0.717, 1.165) is 0 Å². The smallest absolute Gasteiger partial charge is 0.216 e. The maximum absolute atomic E-state index is 13.0. The molecule has 2 unspecified atom stereocenters. The standard InChI is InChI=1S/C12H15BrFNO3/c1-7(16)15-5-4-11(17)12(18)8-2-3-10(14)9(13)6-8/h2-3,6,11-12,17-18H,4-5H2,1H3,(H,15,16). The molecule has 0 bridgehead atoms. The number of carbonyl (C=O) groups excluding carboxylic acids is 1. The fraction of sp³-hybridized carbons (Fsp3) is 0.417. The molecule has 0 heterocycles. The Morgan fingerprint density at radius 1 is 1.50 bits per heavy atom. The van der Waals surface area contributed by atoms with Gasteiger partial charge in [0.1, 0.15) is 11.9 Å². The van der Waals surface area contributed by atoms with Gasteiger partial charge in [0.15, 0.2) is 0 Å². The van der Waals surface area contributed by atoms with Crippen molar-refractivity contribution in [2.24, 2.45) is 0 Å². The third-order valence-electron chi connectivity index (χ3n) is 2.46. The molecule has 6 heteroatoms. The van der Waals surface area contributed by atoms with Gasteiger partial charge in [-0.3, -0.25) is 4.79 Å². The van der Waals surface area contributed by atoms with Gasteiger partial charge < -0.3 is 15.5 Å². The number of aliphatic hydroxyl groups excluding tert-OH is 2. The van der Waals surface area contributed by atoms with Crippen LogP contribution >= 0.6 is 15.9 Å². The Kier molecular flexibility index (Phi) is 5.71. The maximum atomic E-state index is 13.0. The second-order valence-electron chi connectivity index (χ2n) is 3.96. The molecule has 0 radical (unpaired) electrons. The number of rotatable bonds is 5. The lowest BCUT2D eigenvalue weighted by molar-refractivity contribution is -0.119. The van der Waals surface area contributed by atoms with Gasteiger partial charge in [-0.15, -0.1) is 0 Å². The lowest BCUT2D eigenvalue weighted by Gasteiger charge is -2.18. The van der Waals surface area contributed by atoms with Crippen molar-refractivity contribution < 1.29 is 19.4 Å². The van der Waals surface area contributed by atoms with E-state index in [0.29, 0.717) is 5.56 Å². The molecule has 1 aromatic carbocycles. The topological polar surface area (TPSA) is 69.6 Å². The van der Waals surface area contributed by atoms with Crippen molar-refractivity contribution in [2.45, 2.75) is 25.6 Å². The van der Waals surface area contributed by atoms with Gasteiger partial charge in [-0.25, -0.2) is 4.39 Å². The monoisotopic (exact) mass is 319 g/mol. The van der Waals surface area contributed by atoms with Crippen LogP contribution in [0.15, 0.2) is 22.7 Å². The van der Waals surface area contributed by atoms with Crippen molar-refractivity contribution in [2.75, 3.05) is 6.54 Å². The van der Waals surface area contributed by atoms with Gasteiger partial charge in [-0.1, -0.05) is 6.07 Å². The van der Waals surface area contributed by atoms with Crippen LogP contribution in [0.3, 0.4) is 0 Å². The van der Waals surface area contributed by atoms with E-state index < -0.39 is 18.0 Å². The predicted octanol–water partition coefficient (Wildman–Crippen LogP) is 1.51. The molecule has 4 nitrogen and oxygen atoms in total. The van der Waals surface area contributed by atoms with Crippen LogP contribution < -0.4 is 5.32 Å². The quantitative estimate of drug-likeness (QED) is 0.770. The Labute approximate surface area is 113 Å². The maximum Gasteiger partial charge on any atom is 0.216 e. The average molecular weight is 320 g/mol. The van der Waals surface area contributed by atoms with Crippen LogP contribution in [0.25, 0.3) is 0 Å². The van der Waals surface area contributed by atoms with E-state index in [2.05, 4.69) is 21.2 Å². The molecule has 0 aliphatic carbocycles. The fourth-order valence-electron chi connectivity index (χ4n) is 1.47. The van der Waals surface area contributed by atoms with E-state index in [9.17, 15) is 19.4 Å². The SMILES string of the molecule is CC(=O)NCCC(O)C(O)c1ccc(F)c(Br)c1. The van der Waals surface area contributed by atoms with Gasteiger partial charge in [-0.05, 0) is 40.0 Å². The molecule has 0 saturated carbocycles. The molecule has 0 fully saturated rings. The Balaban J connectivity index is 2.59. The molecule has 0 aliphatic heterocycles. The summed E-state index contributed by atoms with van der Waals surface area (Å²) in [6.45, 7) is 1.65. The second-order valence-corrected chi connectivity index (χ2v) is 4.81. The summed E-state index contributed by atoms with van der Waals surface area (Å²) >= 11 is 3.01. The molecule has 0 spiro atoms. The van der Waals surface area contributed by atoms with Crippen molar-refractivity contribution in [1.82, 2.24) is 5.32 Å². The highest BCUT2D eigenvalue weighted by molar-refractivity contribution is 9.10. The normalized spacial score (nSPS) is 14.1. The summed E-state index contributed by atoms with van der Waals surface area (Å²) in [6, 6.07) is 4.04. The Morgan fingerprint density at radius 2 is 2.17 bits per heavy atom. The van der Waals surface area contributed by atoms with Crippen LogP contribution in [0.2, 0.25) is 0 Å². The minimum Gasteiger partial charge on any atom is -0.390 e. The van der Waals surface area contributed by atoms with E-state index in [-0.39, 0.29) is 23.3 Å². The number of aliphatic hydroxyl groups is 2. The zero-order valence-corrected chi connectivity index (χ0v) is 11.4. The summed E-state index contributed by atoms with van der Waals surface area (Å²) in [5.74, 6) is -0.625. The van der Waals surface area contributed by atoms with E-state index in [1.807, 2.05) is 0 Å². The van der Waals surface area contributed by atoms with Crippen molar-refractivity contribution in [3.8, 4) is 0 Å². The molecule has 0 aromatic heterocycles. The fourth-order valence-corrected chi connectivity index (χ4v) is 1.87. The molecule has 0 saturated heterocycles. The summed E-state index contributed by atoms with van der Waals surface area (Å²) in [7, 11) is 0. The molecular formula is C12H15BrFNO3. The van der Waals surface area contributed by atoms with Crippen molar-refractivity contribution in [1.29, 1.82) is 0 Å². The highest BCUT2D eigenvalue weighted by Gasteiger charge is 2.19. The second kappa shape index (κ2) is 6.82. The number of nitrogens with one attached hydrogen (secondary N) is 1. The van der Waals surface area contributed by atoms with Crippen molar-refractivity contribution >= 4 is 21.8 Å². The van der Waals surface area contributed by atoms with Gasteiger partial charge in [0, 0.05) is 13.5 Å². The Hall–Kier alpha value is -0.980. The largest absolute Gasteiger partial charge is 0.390 e. The lowest BCUT2D eigenvalue weighted by Crippen LogP contribution is -2.27. The first kappa shape index (κ1) is 15.1. The van der Waals surface area contributed by atoms with E-state index in [1.165, 1.54) is 25.1 Å². The lowest BCUT2D eigenvalue weighted by atomic mass is 10.0. The van der Waals surface area contributed by atoms with Gasteiger partial charge in [-0.2, -0.15) is 0 Å². The molecule has 1 aromatic rings. The van der Waals surface area contributed by atoms with Gasteiger partial charge >= 0.3 is 0 Å². The zero-order valence-electron chi connectivity index (χ0n) is 9.86. The third kappa shape index (κ3) is 4.36. The molecule has 3 N–H and O–H groups in total. The van der Waals surface area contributed by atoms with Crippen LogP contribution in [-0.4, -0.2) is 28.8 Å². The number of halogens is 2. The Bertz CT molecular complexity index is 428. The summed E-state index contributed by atoms with van der Waals surface area (Å²) in [5.41, 5.74) is 0.415. The molecule has 1 rings (SSSR count). The number of hydrogen-bond donors (Lipinski definition) is 3. The third-order valence-corrected chi connectivity index (χ3v) is 3.07. The average Bonchev–Trinajstić information content (AvgIpc) is 2.31. The molecular weight excluding hydrogens is 305 g/mol. The van der Waals surface area contributed by atoms with Gasteiger partial charge in [0.05, 0.1) is 10.6 Å². The zero-order chi connectivity index (χ0) is 13.7. The molecule has 100 valence electrons.